The van der Waals surface area contributed by atoms with Crippen LogP contribution in [0.4, 0.5) is 0 Å². The van der Waals surface area contributed by atoms with Gasteiger partial charge in [-0.2, -0.15) is 4.89 Å². The van der Waals surface area contributed by atoms with Gasteiger partial charge in [-0.05, 0) is 55.8 Å². The molecular weight excluding hydrogens is 400 g/mol. The first kappa shape index (κ1) is 28.9. The minimum atomic E-state index is -0.378. The van der Waals surface area contributed by atoms with E-state index in [0.717, 1.165) is 16.7 Å². The molecule has 0 aromatic heterocycles. The van der Waals surface area contributed by atoms with Gasteiger partial charge >= 0.3 is 5.97 Å². The number of hydrogen-bond donors (Lipinski definition) is 0. The number of hydrogen-bond acceptors (Lipinski definition) is 4. The fourth-order valence-electron chi connectivity index (χ4n) is 2.27. The summed E-state index contributed by atoms with van der Waals surface area (Å²) < 4.78 is 5.37. The molecule has 0 fully saturated rings. The summed E-state index contributed by atoms with van der Waals surface area (Å²) in [4.78, 5) is 22.6. The van der Waals surface area contributed by atoms with Gasteiger partial charge in [0.1, 0.15) is 12.4 Å². The van der Waals surface area contributed by atoms with E-state index in [9.17, 15) is 4.79 Å². The Labute approximate surface area is 194 Å². The number of carbonyl (C=O) groups excluding carboxylic acids is 1. The van der Waals surface area contributed by atoms with E-state index >= 15 is 0 Å². The predicted octanol–water partition coefficient (Wildman–Crippen LogP) is 8.11. The van der Waals surface area contributed by atoms with Crippen LogP contribution in [-0.4, -0.2) is 5.97 Å². The first-order chi connectivity index (χ1) is 15.6. The molecule has 174 valence electrons. The van der Waals surface area contributed by atoms with Crippen molar-refractivity contribution in [3.8, 4) is 11.5 Å². The minimum absolute atomic E-state index is 0.292. The Kier molecular flexibility index (Phi) is 15.9. The third-order valence-corrected chi connectivity index (χ3v) is 3.82. The third kappa shape index (κ3) is 10.8. The molecule has 0 radical (unpaired) electrons. The SMILES string of the molecule is CC.CC.CC.Cc1ccc(OOCc2ccc(OC(=O)c3ccc(C)cc3)cc2)cc1. The molecule has 0 aliphatic rings. The highest BCUT2D eigenvalue weighted by Crippen LogP contribution is 2.16. The molecule has 3 rings (SSSR count). The lowest BCUT2D eigenvalue weighted by Crippen LogP contribution is -2.08. The van der Waals surface area contributed by atoms with Crippen molar-refractivity contribution in [2.45, 2.75) is 62.0 Å². The maximum absolute atomic E-state index is 12.1. The molecule has 0 N–H and O–H groups in total. The van der Waals surface area contributed by atoms with E-state index in [2.05, 4.69) is 0 Å². The van der Waals surface area contributed by atoms with Crippen molar-refractivity contribution in [2.75, 3.05) is 0 Å². The molecule has 32 heavy (non-hydrogen) atoms. The zero-order valence-electron chi connectivity index (χ0n) is 20.8. The number of ether oxygens (including phenoxy) is 1. The van der Waals surface area contributed by atoms with Crippen LogP contribution in [0.5, 0.6) is 11.5 Å². The van der Waals surface area contributed by atoms with E-state index in [-0.39, 0.29) is 5.97 Å². The summed E-state index contributed by atoms with van der Waals surface area (Å²) in [6.45, 7) is 16.3. The van der Waals surface area contributed by atoms with Gasteiger partial charge in [-0.1, -0.05) is 89.1 Å². The van der Waals surface area contributed by atoms with Gasteiger partial charge in [0.05, 0.1) is 5.56 Å². The van der Waals surface area contributed by atoms with E-state index in [4.69, 9.17) is 14.5 Å². The van der Waals surface area contributed by atoms with Gasteiger partial charge in [0.2, 0.25) is 0 Å². The summed E-state index contributed by atoms with van der Waals surface area (Å²) in [7, 11) is 0. The Bertz CT molecular complexity index is 851. The Balaban J connectivity index is 0.00000148. The van der Waals surface area contributed by atoms with Crippen LogP contribution in [0.15, 0.2) is 72.8 Å². The zero-order chi connectivity index (χ0) is 24.4. The zero-order valence-corrected chi connectivity index (χ0v) is 20.8. The number of carbonyl (C=O) groups is 1. The van der Waals surface area contributed by atoms with Crippen LogP contribution < -0.4 is 9.62 Å². The monoisotopic (exact) mass is 438 g/mol. The topological polar surface area (TPSA) is 44.8 Å². The number of benzene rings is 3. The highest BCUT2D eigenvalue weighted by Gasteiger charge is 2.08. The predicted molar refractivity (Wildman–Crippen MR) is 133 cm³/mol. The Morgan fingerprint density at radius 2 is 1.06 bits per heavy atom. The smallest absolute Gasteiger partial charge is 0.343 e. The second kappa shape index (κ2) is 17.6. The van der Waals surface area contributed by atoms with Crippen molar-refractivity contribution in [3.05, 3.63) is 95.1 Å². The summed E-state index contributed by atoms with van der Waals surface area (Å²) in [6.07, 6.45) is 0. The van der Waals surface area contributed by atoms with Gasteiger partial charge in [-0.25, -0.2) is 4.79 Å². The van der Waals surface area contributed by atoms with Crippen molar-refractivity contribution in [3.63, 3.8) is 0 Å². The summed E-state index contributed by atoms with van der Waals surface area (Å²) in [5.74, 6) is 0.759. The Morgan fingerprint density at radius 3 is 1.56 bits per heavy atom. The number of aryl methyl sites for hydroxylation is 2. The van der Waals surface area contributed by atoms with Crippen LogP contribution in [0.3, 0.4) is 0 Å². The second-order valence-corrected chi connectivity index (χ2v) is 6.06. The maximum atomic E-state index is 12.1. The average Bonchev–Trinajstić information content (AvgIpc) is 2.86. The van der Waals surface area contributed by atoms with E-state index < -0.39 is 0 Å². The fraction of sp³-hybridized carbons (Fsp3) is 0.321. The van der Waals surface area contributed by atoms with Crippen molar-refractivity contribution >= 4 is 5.97 Å². The lowest BCUT2D eigenvalue weighted by atomic mass is 10.1. The largest absolute Gasteiger partial charge is 0.423 e. The average molecular weight is 439 g/mol. The molecule has 3 aromatic rings. The molecule has 0 spiro atoms. The molecule has 3 aromatic carbocycles. The van der Waals surface area contributed by atoms with Gasteiger partial charge in [0.25, 0.3) is 0 Å². The molecule has 0 atom stereocenters. The molecule has 0 amide bonds. The molecule has 0 saturated carbocycles. The second-order valence-electron chi connectivity index (χ2n) is 6.06. The van der Waals surface area contributed by atoms with Gasteiger partial charge in [-0.3, -0.25) is 0 Å². The van der Waals surface area contributed by atoms with Crippen LogP contribution in [-0.2, 0) is 11.5 Å². The maximum Gasteiger partial charge on any atom is 0.343 e. The van der Waals surface area contributed by atoms with Crippen molar-refractivity contribution in [1.29, 1.82) is 0 Å². The molecule has 0 bridgehead atoms. The normalized spacial score (nSPS) is 9.00. The van der Waals surface area contributed by atoms with Crippen molar-refractivity contribution in [1.82, 2.24) is 0 Å². The molecule has 0 heterocycles. The number of rotatable bonds is 6. The summed E-state index contributed by atoms with van der Waals surface area (Å²) >= 11 is 0. The van der Waals surface area contributed by atoms with Gasteiger partial charge in [0, 0.05) is 0 Å². The van der Waals surface area contributed by atoms with Crippen LogP contribution in [0.1, 0.15) is 68.6 Å². The molecule has 0 unspecified atom stereocenters. The highest BCUT2D eigenvalue weighted by atomic mass is 17.2. The van der Waals surface area contributed by atoms with Crippen LogP contribution in [0, 0.1) is 13.8 Å². The number of esters is 1. The minimum Gasteiger partial charge on any atom is -0.423 e. The summed E-state index contributed by atoms with van der Waals surface area (Å²) in [6, 6.07) is 22.0. The van der Waals surface area contributed by atoms with E-state index in [1.54, 1.807) is 24.3 Å². The van der Waals surface area contributed by atoms with Crippen molar-refractivity contribution < 1.29 is 19.3 Å². The van der Waals surface area contributed by atoms with E-state index in [1.807, 2.05) is 104 Å². The standard InChI is InChI=1S/C22H20O4.3C2H6/c1-16-3-9-19(10-4-16)22(23)25-20-13-7-18(8-14-20)15-24-26-21-11-5-17(2)6-12-21;3*1-2/h3-14H,15H2,1-2H3;3*1-2H3. The molecule has 0 saturated heterocycles. The Hall–Kier alpha value is -3.11. The summed E-state index contributed by atoms with van der Waals surface area (Å²) in [5, 5.41) is 0. The van der Waals surface area contributed by atoms with Crippen molar-refractivity contribution in [2.24, 2.45) is 0 Å². The summed E-state index contributed by atoms with van der Waals surface area (Å²) in [5.41, 5.74) is 3.69. The molecular formula is C28H38O4. The third-order valence-electron chi connectivity index (χ3n) is 3.82. The quantitative estimate of drug-likeness (QED) is 0.169. The molecule has 0 aliphatic carbocycles. The van der Waals surface area contributed by atoms with Gasteiger partial charge in [0.15, 0.2) is 5.75 Å². The van der Waals surface area contributed by atoms with Crippen LogP contribution in [0.25, 0.3) is 0 Å². The lowest BCUT2D eigenvalue weighted by Gasteiger charge is -2.07. The van der Waals surface area contributed by atoms with Gasteiger partial charge in [-0.15, -0.1) is 0 Å². The first-order valence-electron chi connectivity index (χ1n) is 11.3. The van der Waals surface area contributed by atoms with Gasteiger partial charge < -0.3 is 9.62 Å². The van der Waals surface area contributed by atoms with E-state index in [0.29, 0.717) is 23.7 Å². The van der Waals surface area contributed by atoms with Crippen LogP contribution in [0.2, 0.25) is 0 Å². The van der Waals surface area contributed by atoms with E-state index in [1.165, 1.54) is 0 Å². The Morgan fingerprint density at radius 1 is 0.625 bits per heavy atom. The molecule has 0 aliphatic heterocycles. The molecule has 4 nitrogen and oxygen atoms in total. The lowest BCUT2D eigenvalue weighted by molar-refractivity contribution is -0.217. The first-order valence-corrected chi connectivity index (χ1v) is 11.3. The highest BCUT2D eigenvalue weighted by molar-refractivity contribution is 5.91. The molecule has 4 heteroatoms. The fourth-order valence-corrected chi connectivity index (χ4v) is 2.27. The van der Waals surface area contributed by atoms with Crippen LogP contribution >= 0.6 is 0 Å².